The van der Waals surface area contributed by atoms with Gasteiger partial charge in [-0.1, -0.05) is 15.9 Å². The van der Waals surface area contributed by atoms with E-state index >= 15 is 0 Å². The number of aliphatic hydroxyl groups is 1. The molecule has 0 saturated carbocycles. The number of carbonyl (C=O) groups is 1. The maximum atomic E-state index is 12.1. The summed E-state index contributed by atoms with van der Waals surface area (Å²) in [6.45, 7) is 5.70. The van der Waals surface area contributed by atoms with E-state index in [9.17, 15) is 9.90 Å². The quantitative estimate of drug-likeness (QED) is 0.873. The first-order valence-electron chi connectivity index (χ1n) is 6.18. The zero-order valence-corrected chi connectivity index (χ0v) is 13.4. The van der Waals surface area contributed by atoms with E-state index in [1.807, 2.05) is 43.1 Å². The molecule has 0 aliphatic carbocycles. The van der Waals surface area contributed by atoms with Gasteiger partial charge in [0.15, 0.2) is 0 Å². The van der Waals surface area contributed by atoms with Crippen LogP contribution in [-0.4, -0.2) is 41.1 Å². The minimum Gasteiger partial charge on any atom is -0.389 e. The molecule has 1 amide bonds. The number of likely N-dealkylation sites (N-methyl/N-ethyl adjacent to an activating group) is 1. The zero-order valence-electron chi connectivity index (χ0n) is 11.8. The number of rotatable bonds is 5. The number of carbonyl (C=O) groups excluding carboxylic acids is 1. The Morgan fingerprint density at radius 3 is 2.42 bits per heavy atom. The fraction of sp³-hybridized carbons (Fsp3) is 0.500. The van der Waals surface area contributed by atoms with Crippen molar-refractivity contribution < 1.29 is 9.90 Å². The Kier molecular flexibility index (Phi) is 5.52. The maximum Gasteiger partial charge on any atom is 0.241 e. The van der Waals surface area contributed by atoms with Gasteiger partial charge in [0.2, 0.25) is 5.91 Å². The smallest absolute Gasteiger partial charge is 0.241 e. The Balaban J connectivity index is 2.59. The summed E-state index contributed by atoms with van der Waals surface area (Å²) in [6, 6.07) is 7.12. The molecule has 4 nitrogen and oxygen atoms in total. The van der Waals surface area contributed by atoms with E-state index in [-0.39, 0.29) is 11.9 Å². The molecule has 1 aromatic rings. The normalized spacial score (nSPS) is 13.4. The fourth-order valence-electron chi connectivity index (χ4n) is 1.73. The van der Waals surface area contributed by atoms with Crippen LogP contribution in [0.15, 0.2) is 28.7 Å². The Hall–Kier alpha value is -0.910. The van der Waals surface area contributed by atoms with Crippen LogP contribution in [0.2, 0.25) is 0 Å². The molecule has 0 radical (unpaired) electrons. The van der Waals surface area contributed by atoms with Gasteiger partial charge in [0.25, 0.3) is 0 Å². The summed E-state index contributed by atoms with van der Waals surface area (Å²) in [5.74, 6) is -0.0888. The van der Waals surface area contributed by atoms with Crippen molar-refractivity contribution in [2.45, 2.75) is 32.4 Å². The van der Waals surface area contributed by atoms with Gasteiger partial charge in [0, 0.05) is 16.7 Å². The van der Waals surface area contributed by atoms with E-state index in [1.165, 1.54) is 0 Å². The van der Waals surface area contributed by atoms with Crippen LogP contribution in [0.3, 0.4) is 0 Å². The van der Waals surface area contributed by atoms with Crippen LogP contribution in [0, 0.1) is 0 Å². The van der Waals surface area contributed by atoms with Crippen LogP contribution in [0.1, 0.15) is 20.8 Å². The SMILES string of the molecule is CC(C(=O)Nc1ccc(Br)cc1)N(C)CC(C)(C)O. The standard InChI is InChI=1S/C14H21BrN2O2/c1-10(17(4)9-14(2,3)19)13(18)16-12-7-5-11(15)6-8-12/h5-8,10,19H,9H2,1-4H3,(H,16,18). The molecule has 19 heavy (non-hydrogen) atoms. The summed E-state index contributed by atoms with van der Waals surface area (Å²) in [4.78, 5) is 13.9. The first-order valence-corrected chi connectivity index (χ1v) is 6.97. The molecule has 5 heteroatoms. The van der Waals surface area contributed by atoms with Crippen LogP contribution in [0.25, 0.3) is 0 Å². The average molecular weight is 329 g/mol. The highest BCUT2D eigenvalue weighted by molar-refractivity contribution is 9.10. The fourth-order valence-corrected chi connectivity index (χ4v) is 1.99. The predicted molar refractivity (Wildman–Crippen MR) is 81.2 cm³/mol. The molecule has 2 N–H and O–H groups in total. The number of halogens is 1. The molecule has 1 unspecified atom stereocenters. The summed E-state index contributed by atoms with van der Waals surface area (Å²) >= 11 is 3.35. The number of hydrogen-bond acceptors (Lipinski definition) is 3. The first kappa shape index (κ1) is 16.1. The lowest BCUT2D eigenvalue weighted by atomic mass is 10.1. The molecule has 1 atom stereocenters. The summed E-state index contributed by atoms with van der Waals surface area (Å²) in [5, 5.41) is 12.6. The van der Waals surface area contributed by atoms with Gasteiger partial charge < -0.3 is 10.4 Å². The predicted octanol–water partition coefficient (Wildman–Crippen LogP) is 2.48. The third-order valence-electron chi connectivity index (χ3n) is 2.79. The lowest BCUT2D eigenvalue weighted by Crippen LogP contribution is -2.46. The number of anilines is 1. The molecule has 0 saturated heterocycles. The van der Waals surface area contributed by atoms with Gasteiger partial charge in [-0.05, 0) is 52.1 Å². The lowest BCUT2D eigenvalue weighted by molar-refractivity contribution is -0.121. The molecule has 0 spiro atoms. The van der Waals surface area contributed by atoms with Crippen molar-refractivity contribution >= 4 is 27.5 Å². The van der Waals surface area contributed by atoms with Crippen LogP contribution >= 0.6 is 15.9 Å². The monoisotopic (exact) mass is 328 g/mol. The zero-order chi connectivity index (χ0) is 14.6. The topological polar surface area (TPSA) is 52.6 Å². The lowest BCUT2D eigenvalue weighted by Gasteiger charge is -2.29. The number of nitrogens with one attached hydrogen (secondary N) is 1. The van der Waals surface area contributed by atoms with Crippen molar-refractivity contribution in [1.82, 2.24) is 4.90 Å². The van der Waals surface area contributed by atoms with Crippen molar-refractivity contribution in [3.05, 3.63) is 28.7 Å². The Morgan fingerprint density at radius 1 is 1.42 bits per heavy atom. The van der Waals surface area contributed by atoms with Gasteiger partial charge in [0.1, 0.15) is 0 Å². The third-order valence-corrected chi connectivity index (χ3v) is 3.32. The molecule has 0 bridgehead atoms. The molecule has 1 rings (SSSR count). The van der Waals surface area contributed by atoms with Crippen LogP contribution in [-0.2, 0) is 4.79 Å². The second-order valence-corrected chi connectivity index (χ2v) is 6.32. The summed E-state index contributed by atoms with van der Waals surface area (Å²) in [5.41, 5.74) is -0.0577. The van der Waals surface area contributed by atoms with Gasteiger partial charge in [-0.25, -0.2) is 0 Å². The van der Waals surface area contributed by atoms with Gasteiger partial charge >= 0.3 is 0 Å². The van der Waals surface area contributed by atoms with Gasteiger partial charge in [0.05, 0.1) is 11.6 Å². The van der Waals surface area contributed by atoms with E-state index in [0.29, 0.717) is 6.54 Å². The summed E-state index contributed by atoms with van der Waals surface area (Å²) < 4.78 is 0.970. The first-order chi connectivity index (χ1) is 8.69. The molecular weight excluding hydrogens is 308 g/mol. The van der Waals surface area contributed by atoms with E-state index < -0.39 is 5.60 Å². The Bertz CT molecular complexity index is 426. The van der Waals surface area contributed by atoms with Crippen molar-refractivity contribution in [3.63, 3.8) is 0 Å². The van der Waals surface area contributed by atoms with Crippen molar-refractivity contribution in [2.24, 2.45) is 0 Å². The molecule has 0 aliphatic heterocycles. The number of nitrogens with zero attached hydrogens (tertiary/aromatic N) is 1. The Labute approximate surface area is 122 Å². The molecule has 0 heterocycles. The largest absolute Gasteiger partial charge is 0.389 e. The number of benzene rings is 1. The van der Waals surface area contributed by atoms with Crippen LogP contribution in [0.4, 0.5) is 5.69 Å². The summed E-state index contributed by atoms with van der Waals surface area (Å²) in [6.07, 6.45) is 0. The number of amides is 1. The molecule has 1 aromatic carbocycles. The minimum atomic E-state index is -0.819. The highest BCUT2D eigenvalue weighted by Crippen LogP contribution is 2.15. The summed E-state index contributed by atoms with van der Waals surface area (Å²) in [7, 11) is 1.82. The minimum absolute atomic E-state index is 0.0888. The van der Waals surface area contributed by atoms with Gasteiger partial charge in [-0.3, -0.25) is 9.69 Å². The molecule has 0 fully saturated rings. The van der Waals surface area contributed by atoms with Gasteiger partial charge in [-0.15, -0.1) is 0 Å². The third kappa shape index (κ3) is 5.72. The Morgan fingerprint density at radius 2 is 1.95 bits per heavy atom. The second-order valence-electron chi connectivity index (χ2n) is 5.40. The van der Waals surface area contributed by atoms with Crippen molar-refractivity contribution in [3.8, 4) is 0 Å². The molecule has 0 aromatic heterocycles. The molecular formula is C14H21BrN2O2. The second kappa shape index (κ2) is 6.50. The highest BCUT2D eigenvalue weighted by Gasteiger charge is 2.23. The average Bonchev–Trinajstić information content (AvgIpc) is 2.28. The highest BCUT2D eigenvalue weighted by atomic mass is 79.9. The van der Waals surface area contributed by atoms with Crippen molar-refractivity contribution in [1.29, 1.82) is 0 Å². The van der Waals surface area contributed by atoms with E-state index in [4.69, 9.17) is 0 Å². The van der Waals surface area contributed by atoms with E-state index in [0.717, 1.165) is 10.2 Å². The van der Waals surface area contributed by atoms with Crippen LogP contribution in [0.5, 0.6) is 0 Å². The molecule has 106 valence electrons. The van der Waals surface area contributed by atoms with Gasteiger partial charge in [-0.2, -0.15) is 0 Å². The van der Waals surface area contributed by atoms with Crippen molar-refractivity contribution in [2.75, 3.05) is 18.9 Å². The van der Waals surface area contributed by atoms with E-state index in [2.05, 4.69) is 21.2 Å². The number of hydrogen-bond donors (Lipinski definition) is 2. The van der Waals surface area contributed by atoms with Crippen LogP contribution < -0.4 is 5.32 Å². The van der Waals surface area contributed by atoms with E-state index in [1.54, 1.807) is 13.8 Å². The molecule has 0 aliphatic rings. The maximum absolute atomic E-state index is 12.1.